The molecule has 0 amide bonds. The summed E-state index contributed by atoms with van der Waals surface area (Å²) in [5.41, 5.74) is 1.08. The maximum absolute atomic E-state index is 13.2. The molecule has 2 aromatic carbocycles. The van der Waals surface area contributed by atoms with Gasteiger partial charge in [-0.05, 0) is 46.3 Å². The van der Waals surface area contributed by atoms with Crippen LogP contribution in [0.15, 0.2) is 45.3 Å². The molecule has 0 aromatic heterocycles. The van der Waals surface area contributed by atoms with Crippen LogP contribution in [0.25, 0.3) is 0 Å². The molecule has 20 heavy (non-hydrogen) atoms. The Hall–Kier alpha value is -1.47. The van der Waals surface area contributed by atoms with E-state index in [0.29, 0.717) is 20.2 Å². The molecule has 0 aliphatic rings. The molecule has 4 nitrogen and oxygen atoms in total. The lowest BCUT2D eigenvalue weighted by Gasteiger charge is -2.09. The lowest BCUT2D eigenvalue weighted by molar-refractivity contribution is -0.385. The standard InChI is InChI=1S/C13H9Br2FN2O2/c14-9-2-1-8(13(5-9)18(19)20)7-17-12-6-10(16)3-4-11(12)15/h1-6,17H,7H2. The van der Waals surface area contributed by atoms with Crippen molar-refractivity contribution >= 4 is 43.2 Å². The molecule has 0 aliphatic heterocycles. The minimum atomic E-state index is -0.442. The van der Waals surface area contributed by atoms with Crippen LogP contribution >= 0.6 is 31.9 Å². The SMILES string of the molecule is O=[N+]([O-])c1cc(Br)ccc1CNc1cc(F)ccc1Br. The van der Waals surface area contributed by atoms with Gasteiger partial charge in [-0.25, -0.2) is 4.39 Å². The van der Waals surface area contributed by atoms with Gasteiger partial charge < -0.3 is 5.32 Å². The molecular formula is C13H9Br2FN2O2. The van der Waals surface area contributed by atoms with Gasteiger partial charge in [0.05, 0.1) is 10.6 Å². The Morgan fingerprint density at radius 2 is 1.95 bits per heavy atom. The van der Waals surface area contributed by atoms with E-state index in [9.17, 15) is 14.5 Å². The minimum absolute atomic E-state index is 0.0133. The zero-order valence-corrected chi connectivity index (χ0v) is 13.2. The molecule has 104 valence electrons. The molecule has 7 heteroatoms. The van der Waals surface area contributed by atoms with Crippen LogP contribution in [0, 0.1) is 15.9 Å². The number of hydrogen-bond acceptors (Lipinski definition) is 3. The number of rotatable bonds is 4. The number of hydrogen-bond donors (Lipinski definition) is 1. The quantitative estimate of drug-likeness (QED) is 0.585. The van der Waals surface area contributed by atoms with Crippen LogP contribution in [-0.4, -0.2) is 4.92 Å². The first-order valence-corrected chi connectivity index (χ1v) is 7.17. The maximum Gasteiger partial charge on any atom is 0.275 e. The van der Waals surface area contributed by atoms with Gasteiger partial charge >= 0.3 is 0 Å². The third-order valence-electron chi connectivity index (χ3n) is 2.64. The van der Waals surface area contributed by atoms with Gasteiger partial charge in [-0.1, -0.05) is 15.9 Å². The number of benzene rings is 2. The number of halogens is 3. The number of nitro groups is 1. The monoisotopic (exact) mass is 402 g/mol. The fraction of sp³-hybridized carbons (Fsp3) is 0.0769. The fourth-order valence-corrected chi connectivity index (χ4v) is 2.42. The Bertz CT molecular complexity index is 665. The average Bonchev–Trinajstić information content (AvgIpc) is 2.40. The third-order valence-corrected chi connectivity index (χ3v) is 3.83. The molecule has 2 aromatic rings. The summed E-state index contributed by atoms with van der Waals surface area (Å²) >= 11 is 6.49. The summed E-state index contributed by atoms with van der Waals surface area (Å²) in [5.74, 6) is -0.374. The highest BCUT2D eigenvalue weighted by Crippen LogP contribution is 2.27. The summed E-state index contributed by atoms with van der Waals surface area (Å²) in [4.78, 5) is 10.6. The van der Waals surface area contributed by atoms with E-state index in [1.54, 1.807) is 18.2 Å². The first-order chi connectivity index (χ1) is 9.47. The predicted octanol–water partition coefficient (Wildman–Crippen LogP) is 4.87. The molecule has 0 aliphatic carbocycles. The Kier molecular flexibility index (Phi) is 4.72. The van der Waals surface area contributed by atoms with Crippen molar-refractivity contribution in [3.05, 3.63) is 66.8 Å². The van der Waals surface area contributed by atoms with E-state index < -0.39 is 4.92 Å². The maximum atomic E-state index is 13.2. The van der Waals surface area contributed by atoms with Gasteiger partial charge in [0.1, 0.15) is 5.82 Å². The normalized spacial score (nSPS) is 10.3. The van der Waals surface area contributed by atoms with E-state index in [-0.39, 0.29) is 18.0 Å². The largest absolute Gasteiger partial charge is 0.380 e. The highest BCUT2D eigenvalue weighted by Gasteiger charge is 2.14. The summed E-state index contributed by atoms with van der Waals surface area (Å²) in [5, 5.41) is 14.0. The minimum Gasteiger partial charge on any atom is -0.380 e. The number of anilines is 1. The molecular weight excluding hydrogens is 395 g/mol. The third kappa shape index (κ3) is 3.55. The molecule has 0 spiro atoms. The average molecular weight is 404 g/mol. The second kappa shape index (κ2) is 6.32. The van der Waals surface area contributed by atoms with Crippen LogP contribution < -0.4 is 5.32 Å². The van der Waals surface area contributed by atoms with Crippen molar-refractivity contribution in [2.45, 2.75) is 6.54 Å². The van der Waals surface area contributed by atoms with Crippen LogP contribution in [0.4, 0.5) is 15.8 Å². The zero-order chi connectivity index (χ0) is 14.7. The van der Waals surface area contributed by atoms with Gasteiger partial charge in [-0.3, -0.25) is 10.1 Å². The topological polar surface area (TPSA) is 55.2 Å². The Morgan fingerprint density at radius 1 is 1.20 bits per heavy atom. The summed E-state index contributed by atoms with van der Waals surface area (Å²) in [7, 11) is 0. The van der Waals surface area contributed by atoms with Gasteiger partial charge in [-0.2, -0.15) is 0 Å². The summed E-state index contributed by atoms with van der Waals surface area (Å²) in [6.07, 6.45) is 0. The van der Waals surface area contributed by atoms with Crippen molar-refractivity contribution in [1.82, 2.24) is 0 Å². The van der Waals surface area contributed by atoms with Crippen LogP contribution in [0.3, 0.4) is 0 Å². The number of nitro benzene ring substituents is 1. The molecule has 0 saturated heterocycles. The lowest BCUT2D eigenvalue weighted by Crippen LogP contribution is -2.04. The van der Waals surface area contributed by atoms with Crippen LogP contribution in [0.5, 0.6) is 0 Å². The van der Waals surface area contributed by atoms with E-state index >= 15 is 0 Å². The summed E-state index contributed by atoms with van der Waals surface area (Å²) in [6, 6.07) is 9.06. The summed E-state index contributed by atoms with van der Waals surface area (Å²) in [6.45, 7) is 0.228. The first kappa shape index (κ1) is 14.9. The lowest BCUT2D eigenvalue weighted by atomic mass is 10.1. The molecule has 0 unspecified atom stereocenters. The molecule has 0 atom stereocenters. The van der Waals surface area contributed by atoms with Crippen molar-refractivity contribution in [3.8, 4) is 0 Å². The smallest absolute Gasteiger partial charge is 0.275 e. The van der Waals surface area contributed by atoms with Gasteiger partial charge in [0.2, 0.25) is 0 Å². The second-order valence-electron chi connectivity index (χ2n) is 4.01. The van der Waals surface area contributed by atoms with Crippen molar-refractivity contribution in [2.75, 3.05) is 5.32 Å². The van der Waals surface area contributed by atoms with Crippen molar-refractivity contribution in [3.63, 3.8) is 0 Å². The van der Waals surface area contributed by atoms with Gasteiger partial charge in [0.25, 0.3) is 5.69 Å². The highest BCUT2D eigenvalue weighted by molar-refractivity contribution is 9.10. The van der Waals surface area contributed by atoms with Crippen LogP contribution in [0.1, 0.15) is 5.56 Å². The van der Waals surface area contributed by atoms with Crippen molar-refractivity contribution < 1.29 is 9.31 Å². The number of nitrogens with zero attached hydrogens (tertiary/aromatic N) is 1. The van der Waals surface area contributed by atoms with Gasteiger partial charge in [0.15, 0.2) is 0 Å². The van der Waals surface area contributed by atoms with E-state index in [1.165, 1.54) is 18.2 Å². The van der Waals surface area contributed by atoms with Gasteiger partial charge in [0, 0.05) is 27.1 Å². The zero-order valence-electron chi connectivity index (χ0n) is 10.1. The molecule has 0 heterocycles. The Labute approximate surface area is 131 Å². The predicted molar refractivity (Wildman–Crippen MR) is 82.2 cm³/mol. The van der Waals surface area contributed by atoms with Gasteiger partial charge in [-0.15, -0.1) is 0 Å². The molecule has 0 bridgehead atoms. The fourth-order valence-electron chi connectivity index (χ4n) is 1.68. The molecule has 0 radical (unpaired) electrons. The molecule has 2 rings (SSSR count). The molecule has 0 fully saturated rings. The van der Waals surface area contributed by atoms with E-state index in [2.05, 4.69) is 37.2 Å². The first-order valence-electron chi connectivity index (χ1n) is 5.59. The van der Waals surface area contributed by atoms with Crippen molar-refractivity contribution in [1.29, 1.82) is 0 Å². The highest BCUT2D eigenvalue weighted by atomic mass is 79.9. The second-order valence-corrected chi connectivity index (χ2v) is 5.78. The van der Waals surface area contributed by atoms with E-state index in [1.807, 2.05) is 0 Å². The van der Waals surface area contributed by atoms with Crippen molar-refractivity contribution in [2.24, 2.45) is 0 Å². The van der Waals surface area contributed by atoms with Crippen LogP contribution in [0.2, 0.25) is 0 Å². The van der Waals surface area contributed by atoms with Crippen LogP contribution in [-0.2, 0) is 6.54 Å². The Morgan fingerprint density at radius 3 is 2.65 bits per heavy atom. The summed E-state index contributed by atoms with van der Waals surface area (Å²) < 4.78 is 14.5. The van der Waals surface area contributed by atoms with E-state index in [0.717, 1.165) is 0 Å². The molecule has 0 saturated carbocycles. The van der Waals surface area contributed by atoms with E-state index in [4.69, 9.17) is 0 Å². The molecule has 1 N–H and O–H groups in total. The number of nitrogens with one attached hydrogen (secondary N) is 1. The Balaban J connectivity index is 2.23.